The van der Waals surface area contributed by atoms with Crippen molar-refractivity contribution < 1.29 is 38.4 Å². The molecule has 0 bridgehead atoms. The van der Waals surface area contributed by atoms with Crippen LogP contribution in [0, 0.1) is 11.8 Å². The molecule has 0 aliphatic carbocycles. The Bertz CT molecular complexity index is 1110. The maximum atomic E-state index is 12.6. The van der Waals surface area contributed by atoms with E-state index in [0.717, 1.165) is 11.1 Å². The molecule has 4 rings (SSSR count). The second-order valence-corrected chi connectivity index (χ2v) is 9.62. The molecule has 2 aromatic carbocycles. The summed E-state index contributed by atoms with van der Waals surface area (Å²) >= 11 is 0. The number of cyclic esters (lactones) is 1. The van der Waals surface area contributed by atoms with Crippen molar-refractivity contribution in [2.75, 3.05) is 41.0 Å². The molecule has 3 atom stereocenters. The predicted octanol–water partition coefficient (Wildman–Crippen LogP) is 3.24. The van der Waals surface area contributed by atoms with Gasteiger partial charge >= 0.3 is 12.1 Å². The second-order valence-electron chi connectivity index (χ2n) is 9.62. The van der Waals surface area contributed by atoms with Gasteiger partial charge < -0.3 is 33.7 Å². The monoisotopic (exact) mass is 499 g/mol. The van der Waals surface area contributed by atoms with Gasteiger partial charge in [0.25, 0.3) is 0 Å². The third kappa shape index (κ3) is 5.67. The Balaban J connectivity index is 1.44. The quantitative estimate of drug-likeness (QED) is 0.552. The number of amides is 1. The highest BCUT2D eigenvalue weighted by atomic mass is 16.6. The van der Waals surface area contributed by atoms with E-state index >= 15 is 0 Å². The van der Waals surface area contributed by atoms with Crippen molar-refractivity contribution in [1.82, 2.24) is 4.90 Å². The zero-order valence-corrected chi connectivity index (χ0v) is 21.1. The molecule has 2 aromatic rings. The molecule has 0 aromatic heterocycles. The van der Waals surface area contributed by atoms with Crippen LogP contribution in [0.25, 0.3) is 0 Å². The van der Waals surface area contributed by atoms with Crippen molar-refractivity contribution in [1.29, 1.82) is 0 Å². The fourth-order valence-electron chi connectivity index (χ4n) is 4.80. The van der Waals surface area contributed by atoms with Crippen LogP contribution >= 0.6 is 0 Å². The number of hydrogen-bond donors (Lipinski definition) is 1. The highest BCUT2D eigenvalue weighted by Gasteiger charge is 2.37. The van der Waals surface area contributed by atoms with E-state index in [1.165, 1.54) is 12.0 Å². The van der Waals surface area contributed by atoms with Gasteiger partial charge in [0, 0.05) is 12.5 Å². The number of hydrogen-bond acceptors (Lipinski definition) is 8. The molecule has 9 nitrogen and oxygen atoms in total. The van der Waals surface area contributed by atoms with E-state index in [1.807, 2.05) is 24.3 Å². The van der Waals surface area contributed by atoms with E-state index < -0.39 is 11.7 Å². The van der Waals surface area contributed by atoms with E-state index in [-0.39, 0.29) is 30.1 Å². The first-order valence-electron chi connectivity index (χ1n) is 12.0. The smallest absolute Gasteiger partial charge is 0.415 e. The number of esters is 1. The molecule has 9 heteroatoms. The summed E-state index contributed by atoms with van der Waals surface area (Å²) in [4.78, 5) is 26.6. The lowest BCUT2D eigenvalue weighted by molar-refractivity contribution is -0.141. The van der Waals surface area contributed by atoms with Crippen LogP contribution in [0.1, 0.15) is 24.5 Å². The summed E-state index contributed by atoms with van der Waals surface area (Å²) in [6.07, 6.45) is 1.09. The van der Waals surface area contributed by atoms with Gasteiger partial charge in [-0.25, -0.2) is 4.79 Å². The summed E-state index contributed by atoms with van der Waals surface area (Å²) in [6.45, 7) is 2.70. The summed E-state index contributed by atoms with van der Waals surface area (Å²) in [5.41, 5.74) is 0.995. The summed E-state index contributed by atoms with van der Waals surface area (Å²) in [7, 11) is 4.69. The number of methoxy groups -OCH3 is 3. The van der Waals surface area contributed by atoms with Crippen LogP contribution in [0.15, 0.2) is 36.4 Å². The SMILES string of the molecule is COc1ccc(CC2COC(=O)C2Cc2ccc(OC(=O)N3CCC(C)(O)C3)c(OC)c2)cc1OC. The highest BCUT2D eigenvalue weighted by molar-refractivity contribution is 5.75. The average Bonchev–Trinajstić information content (AvgIpc) is 3.41. The molecular formula is C27H33NO8. The Kier molecular flexibility index (Phi) is 7.59. The van der Waals surface area contributed by atoms with Crippen molar-refractivity contribution in [3.05, 3.63) is 47.5 Å². The maximum Gasteiger partial charge on any atom is 0.415 e. The number of ether oxygens (including phenoxy) is 5. The number of nitrogens with zero attached hydrogens (tertiary/aromatic N) is 1. The van der Waals surface area contributed by atoms with Gasteiger partial charge in [-0.2, -0.15) is 0 Å². The van der Waals surface area contributed by atoms with Crippen molar-refractivity contribution in [3.8, 4) is 23.0 Å². The van der Waals surface area contributed by atoms with Crippen LogP contribution in [0.5, 0.6) is 23.0 Å². The molecule has 0 radical (unpaired) electrons. The van der Waals surface area contributed by atoms with Gasteiger partial charge in [-0.3, -0.25) is 4.79 Å². The van der Waals surface area contributed by atoms with Crippen LogP contribution in [0.3, 0.4) is 0 Å². The molecule has 194 valence electrons. The second kappa shape index (κ2) is 10.7. The molecular weight excluding hydrogens is 466 g/mol. The minimum absolute atomic E-state index is 0.00191. The third-order valence-corrected chi connectivity index (χ3v) is 6.85. The lowest BCUT2D eigenvalue weighted by Crippen LogP contribution is -2.35. The third-order valence-electron chi connectivity index (χ3n) is 6.85. The van der Waals surface area contributed by atoms with Crippen molar-refractivity contribution >= 4 is 12.1 Å². The molecule has 0 saturated carbocycles. The van der Waals surface area contributed by atoms with Gasteiger partial charge in [-0.1, -0.05) is 12.1 Å². The zero-order valence-electron chi connectivity index (χ0n) is 21.1. The zero-order chi connectivity index (χ0) is 25.9. The van der Waals surface area contributed by atoms with Gasteiger partial charge in [-0.05, 0) is 61.6 Å². The molecule has 1 amide bonds. The Hall–Kier alpha value is -3.46. The predicted molar refractivity (Wildman–Crippen MR) is 131 cm³/mol. The van der Waals surface area contributed by atoms with E-state index in [0.29, 0.717) is 49.7 Å². The molecule has 2 heterocycles. The Morgan fingerprint density at radius 1 is 1.00 bits per heavy atom. The van der Waals surface area contributed by atoms with Gasteiger partial charge in [0.2, 0.25) is 0 Å². The Labute approximate surface area is 210 Å². The lowest BCUT2D eigenvalue weighted by atomic mass is 9.85. The molecule has 3 unspecified atom stereocenters. The van der Waals surface area contributed by atoms with Crippen LogP contribution in [-0.4, -0.2) is 68.7 Å². The number of carbonyl (C=O) groups is 2. The lowest BCUT2D eigenvalue weighted by Gasteiger charge is -2.20. The highest BCUT2D eigenvalue weighted by Crippen LogP contribution is 2.35. The van der Waals surface area contributed by atoms with Crippen LogP contribution in [-0.2, 0) is 22.4 Å². The number of rotatable bonds is 8. The molecule has 36 heavy (non-hydrogen) atoms. The van der Waals surface area contributed by atoms with E-state index in [2.05, 4.69) is 0 Å². The Morgan fingerprint density at radius 2 is 1.61 bits per heavy atom. The fraction of sp³-hybridized carbons (Fsp3) is 0.481. The molecule has 1 N–H and O–H groups in total. The summed E-state index contributed by atoms with van der Waals surface area (Å²) < 4.78 is 27.1. The van der Waals surface area contributed by atoms with Crippen molar-refractivity contribution in [2.24, 2.45) is 11.8 Å². The molecule has 2 fully saturated rings. The summed E-state index contributed by atoms with van der Waals surface area (Å²) in [5.74, 6) is 1.44. The number of aliphatic hydroxyl groups is 1. The van der Waals surface area contributed by atoms with Crippen LogP contribution in [0.2, 0.25) is 0 Å². The minimum Gasteiger partial charge on any atom is -0.493 e. The van der Waals surface area contributed by atoms with E-state index in [4.69, 9.17) is 23.7 Å². The number of β-amino-alcohol motifs (C(OH)–C–C–N with tert-alkyl or cyclic N) is 1. The number of carbonyl (C=O) groups excluding carboxylic acids is 2. The van der Waals surface area contributed by atoms with Gasteiger partial charge in [0.15, 0.2) is 23.0 Å². The first-order chi connectivity index (χ1) is 17.2. The minimum atomic E-state index is -0.906. The van der Waals surface area contributed by atoms with Gasteiger partial charge in [-0.15, -0.1) is 0 Å². The normalized spacial score (nSPS) is 23.4. The van der Waals surface area contributed by atoms with Crippen molar-refractivity contribution in [3.63, 3.8) is 0 Å². The average molecular weight is 500 g/mol. The first kappa shape index (κ1) is 25.6. The topological polar surface area (TPSA) is 104 Å². The first-order valence-corrected chi connectivity index (χ1v) is 12.0. The summed E-state index contributed by atoms with van der Waals surface area (Å²) in [5, 5.41) is 10.1. The van der Waals surface area contributed by atoms with E-state index in [9.17, 15) is 14.7 Å². The molecule has 2 aliphatic heterocycles. The van der Waals surface area contributed by atoms with Gasteiger partial charge in [0.1, 0.15) is 0 Å². The molecule has 2 saturated heterocycles. The standard InChI is InChI=1S/C27H33NO8/c1-27(31)9-10-28(16-27)26(30)36-22-8-6-18(14-24(22)34-4)12-20-19(15-35-25(20)29)11-17-5-7-21(32-2)23(13-17)33-3/h5-8,13-14,19-20,31H,9-12,15-16H2,1-4H3. The maximum absolute atomic E-state index is 12.6. The number of benzene rings is 2. The van der Waals surface area contributed by atoms with Crippen LogP contribution < -0.4 is 18.9 Å². The van der Waals surface area contributed by atoms with Crippen molar-refractivity contribution in [2.45, 2.75) is 31.8 Å². The largest absolute Gasteiger partial charge is 0.493 e. The fourth-order valence-corrected chi connectivity index (χ4v) is 4.80. The molecule has 0 spiro atoms. The van der Waals surface area contributed by atoms with Crippen LogP contribution in [0.4, 0.5) is 4.79 Å². The summed E-state index contributed by atoms with van der Waals surface area (Å²) in [6, 6.07) is 11.0. The number of likely N-dealkylation sites (tertiary alicyclic amines) is 1. The molecule has 2 aliphatic rings. The Morgan fingerprint density at radius 3 is 2.22 bits per heavy atom. The van der Waals surface area contributed by atoms with E-state index in [1.54, 1.807) is 33.3 Å². The van der Waals surface area contributed by atoms with Gasteiger partial charge in [0.05, 0.1) is 46.0 Å².